The SMILES string of the molecule is CCOC(=O)/C=C/C=C/CCCCCCCCCCCCCOCc1ccc(OC)cc1. The molecule has 180 valence electrons. The maximum Gasteiger partial charge on any atom is 0.330 e. The Bertz CT molecular complexity index is 619. The van der Waals surface area contributed by atoms with Gasteiger partial charge < -0.3 is 14.2 Å². The van der Waals surface area contributed by atoms with Gasteiger partial charge in [-0.3, -0.25) is 0 Å². The monoisotopic (exact) mass is 444 g/mol. The van der Waals surface area contributed by atoms with Crippen LogP contribution in [0.2, 0.25) is 0 Å². The van der Waals surface area contributed by atoms with Crippen LogP contribution in [0.1, 0.15) is 89.5 Å². The zero-order valence-electron chi connectivity index (χ0n) is 20.4. The van der Waals surface area contributed by atoms with Gasteiger partial charge in [0.05, 0.1) is 20.3 Å². The van der Waals surface area contributed by atoms with Crippen molar-refractivity contribution >= 4 is 5.97 Å². The Morgan fingerprint density at radius 2 is 1.41 bits per heavy atom. The van der Waals surface area contributed by atoms with Crippen LogP contribution in [0.4, 0.5) is 0 Å². The van der Waals surface area contributed by atoms with Crippen molar-refractivity contribution in [1.82, 2.24) is 0 Å². The first-order valence-corrected chi connectivity index (χ1v) is 12.5. The average molecular weight is 445 g/mol. The Morgan fingerprint density at radius 3 is 2.00 bits per heavy atom. The third kappa shape index (κ3) is 16.6. The molecular formula is C28H44O4. The van der Waals surface area contributed by atoms with E-state index in [1.165, 1.54) is 75.8 Å². The van der Waals surface area contributed by atoms with Crippen molar-refractivity contribution in [2.24, 2.45) is 0 Å². The molecule has 0 aliphatic rings. The first-order valence-electron chi connectivity index (χ1n) is 12.5. The molecule has 0 saturated carbocycles. The molecule has 0 N–H and O–H groups in total. The number of ether oxygens (including phenoxy) is 3. The van der Waals surface area contributed by atoms with Gasteiger partial charge in [-0.15, -0.1) is 0 Å². The lowest BCUT2D eigenvalue weighted by Gasteiger charge is -2.06. The Morgan fingerprint density at radius 1 is 0.812 bits per heavy atom. The first kappa shape index (κ1) is 28.0. The molecule has 0 spiro atoms. The highest BCUT2D eigenvalue weighted by Gasteiger charge is 1.97. The van der Waals surface area contributed by atoms with Crippen molar-refractivity contribution in [2.75, 3.05) is 20.3 Å². The summed E-state index contributed by atoms with van der Waals surface area (Å²) in [7, 11) is 1.69. The van der Waals surface area contributed by atoms with Crippen molar-refractivity contribution in [3.63, 3.8) is 0 Å². The molecule has 1 rings (SSSR count). The highest BCUT2D eigenvalue weighted by molar-refractivity contribution is 5.82. The van der Waals surface area contributed by atoms with Gasteiger partial charge in [0.25, 0.3) is 0 Å². The second-order valence-corrected chi connectivity index (χ2v) is 8.12. The number of unbranched alkanes of at least 4 members (excludes halogenated alkanes) is 11. The third-order valence-electron chi connectivity index (χ3n) is 5.35. The van der Waals surface area contributed by atoms with Gasteiger partial charge in [-0.2, -0.15) is 0 Å². The van der Waals surface area contributed by atoms with E-state index in [1.807, 2.05) is 25.1 Å². The van der Waals surface area contributed by atoms with Crippen LogP contribution in [-0.2, 0) is 20.9 Å². The molecule has 0 atom stereocenters. The highest BCUT2D eigenvalue weighted by Crippen LogP contribution is 2.14. The number of methoxy groups -OCH3 is 1. The minimum absolute atomic E-state index is 0.271. The Hall–Kier alpha value is -2.07. The minimum atomic E-state index is -0.271. The molecule has 0 aromatic heterocycles. The first-order chi connectivity index (χ1) is 15.8. The number of esters is 1. The Kier molecular flexibility index (Phi) is 18.2. The molecule has 1 aromatic rings. The lowest BCUT2D eigenvalue weighted by Crippen LogP contribution is -1.98. The predicted molar refractivity (Wildman–Crippen MR) is 133 cm³/mol. The summed E-state index contributed by atoms with van der Waals surface area (Å²) in [6.07, 6.45) is 22.8. The maximum atomic E-state index is 11.1. The van der Waals surface area contributed by atoms with Crippen molar-refractivity contribution in [3.8, 4) is 5.75 Å². The zero-order chi connectivity index (χ0) is 23.1. The lowest BCUT2D eigenvalue weighted by atomic mass is 10.1. The van der Waals surface area contributed by atoms with Crippen molar-refractivity contribution in [1.29, 1.82) is 0 Å². The van der Waals surface area contributed by atoms with Crippen LogP contribution in [0.15, 0.2) is 48.6 Å². The molecule has 4 nitrogen and oxygen atoms in total. The zero-order valence-corrected chi connectivity index (χ0v) is 20.4. The summed E-state index contributed by atoms with van der Waals surface area (Å²) in [5.74, 6) is 0.617. The Labute approximate surface area is 196 Å². The highest BCUT2D eigenvalue weighted by atomic mass is 16.5. The molecule has 32 heavy (non-hydrogen) atoms. The van der Waals surface area contributed by atoms with Crippen LogP contribution in [0.25, 0.3) is 0 Å². The average Bonchev–Trinajstić information content (AvgIpc) is 2.81. The lowest BCUT2D eigenvalue weighted by molar-refractivity contribution is -0.137. The van der Waals surface area contributed by atoms with E-state index in [9.17, 15) is 4.79 Å². The molecule has 0 bridgehead atoms. The topological polar surface area (TPSA) is 44.8 Å². The van der Waals surface area contributed by atoms with Crippen LogP contribution in [-0.4, -0.2) is 26.3 Å². The number of hydrogen-bond acceptors (Lipinski definition) is 4. The van der Waals surface area contributed by atoms with E-state index in [1.54, 1.807) is 13.2 Å². The second-order valence-electron chi connectivity index (χ2n) is 8.12. The summed E-state index contributed by atoms with van der Waals surface area (Å²) in [5.41, 5.74) is 1.20. The smallest absolute Gasteiger partial charge is 0.330 e. The van der Waals surface area contributed by atoms with Gasteiger partial charge in [-0.1, -0.05) is 88.1 Å². The number of carbonyl (C=O) groups is 1. The molecule has 0 heterocycles. The summed E-state index contributed by atoms with van der Waals surface area (Å²) >= 11 is 0. The maximum absolute atomic E-state index is 11.1. The third-order valence-corrected chi connectivity index (χ3v) is 5.35. The number of rotatable bonds is 20. The normalized spacial score (nSPS) is 11.4. The number of carbonyl (C=O) groups excluding carboxylic acids is 1. The molecule has 0 amide bonds. The van der Waals surface area contributed by atoms with Gasteiger partial charge in [0.2, 0.25) is 0 Å². The molecule has 0 aliphatic heterocycles. The van der Waals surface area contributed by atoms with E-state index in [4.69, 9.17) is 14.2 Å². The predicted octanol–water partition coefficient (Wildman–Crippen LogP) is 7.57. The van der Waals surface area contributed by atoms with Crippen LogP contribution >= 0.6 is 0 Å². The van der Waals surface area contributed by atoms with Crippen LogP contribution in [0, 0.1) is 0 Å². The molecule has 1 aromatic carbocycles. The number of benzene rings is 1. The van der Waals surface area contributed by atoms with E-state index in [0.717, 1.165) is 25.2 Å². The molecule has 0 saturated heterocycles. The van der Waals surface area contributed by atoms with Gasteiger partial charge in [0, 0.05) is 12.7 Å². The fourth-order valence-corrected chi connectivity index (χ4v) is 3.47. The molecule has 0 unspecified atom stereocenters. The molecule has 0 radical (unpaired) electrons. The van der Waals surface area contributed by atoms with Crippen molar-refractivity contribution < 1.29 is 19.0 Å². The summed E-state index contributed by atoms with van der Waals surface area (Å²) in [6.45, 7) is 3.77. The van der Waals surface area contributed by atoms with Gasteiger partial charge >= 0.3 is 5.97 Å². The van der Waals surface area contributed by atoms with Gasteiger partial charge in [0.15, 0.2) is 0 Å². The van der Waals surface area contributed by atoms with Gasteiger partial charge in [-0.25, -0.2) is 4.79 Å². The van der Waals surface area contributed by atoms with Gasteiger partial charge in [0.1, 0.15) is 5.75 Å². The number of hydrogen-bond donors (Lipinski definition) is 0. The molecule has 0 aliphatic carbocycles. The fraction of sp³-hybridized carbons (Fsp3) is 0.607. The van der Waals surface area contributed by atoms with Crippen molar-refractivity contribution in [3.05, 3.63) is 54.1 Å². The van der Waals surface area contributed by atoms with E-state index in [0.29, 0.717) is 13.2 Å². The quantitative estimate of drug-likeness (QED) is 0.0900. The molecule has 4 heteroatoms. The van der Waals surface area contributed by atoms with E-state index in [2.05, 4.69) is 18.2 Å². The second kappa shape index (κ2) is 20.8. The Balaban J connectivity index is 1.78. The summed E-state index contributed by atoms with van der Waals surface area (Å²) in [5, 5.41) is 0. The van der Waals surface area contributed by atoms with Gasteiger partial charge in [-0.05, 0) is 43.9 Å². The summed E-state index contributed by atoms with van der Waals surface area (Å²) in [6, 6.07) is 8.08. The van der Waals surface area contributed by atoms with Crippen molar-refractivity contribution in [2.45, 2.75) is 90.6 Å². The van der Waals surface area contributed by atoms with Crippen LogP contribution < -0.4 is 4.74 Å². The van der Waals surface area contributed by atoms with Crippen LogP contribution in [0.3, 0.4) is 0 Å². The van der Waals surface area contributed by atoms with E-state index >= 15 is 0 Å². The molecular weight excluding hydrogens is 400 g/mol. The standard InChI is InChI=1S/C28H44O4/c1-3-32-28(29)19-17-15-13-11-9-7-5-4-6-8-10-12-14-16-18-24-31-25-26-20-22-27(30-2)23-21-26/h13,15,17,19-23H,3-12,14,16,18,24-25H2,1-2H3/b15-13+,19-17+. The van der Waals surface area contributed by atoms with E-state index < -0.39 is 0 Å². The summed E-state index contributed by atoms with van der Waals surface area (Å²) < 4.78 is 15.8. The number of allylic oxidation sites excluding steroid dienone is 3. The fourth-order valence-electron chi connectivity index (χ4n) is 3.47. The molecule has 0 fully saturated rings. The summed E-state index contributed by atoms with van der Waals surface area (Å²) in [4.78, 5) is 11.1. The van der Waals surface area contributed by atoms with Crippen LogP contribution in [0.5, 0.6) is 5.75 Å². The minimum Gasteiger partial charge on any atom is -0.497 e. The van der Waals surface area contributed by atoms with E-state index in [-0.39, 0.29) is 5.97 Å². The largest absolute Gasteiger partial charge is 0.497 e.